The van der Waals surface area contributed by atoms with Crippen LogP contribution in [0, 0.1) is 6.92 Å². The van der Waals surface area contributed by atoms with Crippen LogP contribution in [0.25, 0.3) is 0 Å². The van der Waals surface area contributed by atoms with Crippen molar-refractivity contribution in [2.45, 2.75) is 58.7 Å². The average molecular weight is 299 g/mol. The van der Waals surface area contributed by atoms with Crippen molar-refractivity contribution >= 4 is 11.6 Å². The lowest BCUT2D eigenvalue weighted by Gasteiger charge is -2.49. The Kier molecular flexibility index (Phi) is 4.77. The van der Waals surface area contributed by atoms with Gasteiger partial charge in [-0.25, -0.2) is 0 Å². The van der Waals surface area contributed by atoms with Crippen molar-refractivity contribution in [3.63, 3.8) is 0 Å². The van der Waals surface area contributed by atoms with Crippen LogP contribution in [0.4, 0.5) is 0 Å². The van der Waals surface area contributed by atoms with Crippen molar-refractivity contribution in [3.05, 3.63) is 16.4 Å². The van der Waals surface area contributed by atoms with Crippen LogP contribution >= 0.6 is 11.6 Å². The highest BCUT2D eigenvalue weighted by atomic mass is 35.5. The normalized spacial score (nSPS) is 23.2. The number of halogens is 1. The van der Waals surface area contributed by atoms with E-state index in [9.17, 15) is 0 Å². The number of nitrogens with zero attached hydrogens (tertiary/aromatic N) is 3. The summed E-state index contributed by atoms with van der Waals surface area (Å²) in [7, 11) is 1.91. The van der Waals surface area contributed by atoms with Crippen LogP contribution in [0.5, 0.6) is 0 Å². The summed E-state index contributed by atoms with van der Waals surface area (Å²) in [5, 5.41) is 8.84. The first kappa shape index (κ1) is 15.8. The summed E-state index contributed by atoms with van der Waals surface area (Å²) in [6.07, 6.45) is 2.31. The Morgan fingerprint density at radius 1 is 1.40 bits per heavy atom. The van der Waals surface area contributed by atoms with Gasteiger partial charge in [0.2, 0.25) is 0 Å². The van der Waals surface area contributed by atoms with E-state index in [1.807, 2.05) is 14.0 Å². The first-order chi connectivity index (χ1) is 9.43. The van der Waals surface area contributed by atoms with Crippen molar-refractivity contribution in [1.82, 2.24) is 20.0 Å². The summed E-state index contributed by atoms with van der Waals surface area (Å²) in [5.41, 5.74) is 2.46. The second kappa shape index (κ2) is 6.04. The van der Waals surface area contributed by atoms with Gasteiger partial charge in [-0.15, -0.1) is 0 Å². The monoisotopic (exact) mass is 298 g/mol. The standard InChI is InChI=1S/C15H27ClN4/c1-6-15(7-2)10-17-11(3)8-20(15)9-13-12(4)18-19(5)14(13)16/h11,17H,6-10H2,1-5H3. The van der Waals surface area contributed by atoms with E-state index in [4.69, 9.17) is 11.6 Å². The van der Waals surface area contributed by atoms with Crippen LogP contribution in [0.1, 0.15) is 44.9 Å². The maximum Gasteiger partial charge on any atom is 0.131 e. The zero-order valence-electron chi connectivity index (χ0n) is 13.3. The van der Waals surface area contributed by atoms with Crippen molar-refractivity contribution in [2.75, 3.05) is 13.1 Å². The lowest BCUT2D eigenvalue weighted by atomic mass is 9.87. The molecule has 2 rings (SSSR count). The van der Waals surface area contributed by atoms with E-state index in [1.165, 1.54) is 5.56 Å². The maximum atomic E-state index is 6.41. The molecule has 114 valence electrons. The molecule has 4 nitrogen and oxygen atoms in total. The van der Waals surface area contributed by atoms with Crippen LogP contribution in [0.15, 0.2) is 0 Å². The molecule has 1 fully saturated rings. The Hall–Kier alpha value is -0.580. The zero-order chi connectivity index (χ0) is 14.9. The van der Waals surface area contributed by atoms with E-state index in [0.717, 1.165) is 43.3 Å². The van der Waals surface area contributed by atoms with Gasteiger partial charge in [-0.05, 0) is 26.7 Å². The van der Waals surface area contributed by atoms with Crippen LogP contribution < -0.4 is 5.32 Å². The van der Waals surface area contributed by atoms with E-state index in [-0.39, 0.29) is 5.54 Å². The fraction of sp³-hybridized carbons (Fsp3) is 0.800. The summed E-state index contributed by atoms with van der Waals surface area (Å²) in [5.74, 6) is 0. The highest BCUT2D eigenvalue weighted by Crippen LogP contribution is 2.31. The van der Waals surface area contributed by atoms with Gasteiger partial charge in [0.1, 0.15) is 5.15 Å². The lowest BCUT2D eigenvalue weighted by molar-refractivity contribution is 0.0277. The summed E-state index contributed by atoms with van der Waals surface area (Å²) >= 11 is 6.41. The highest BCUT2D eigenvalue weighted by Gasteiger charge is 2.38. The molecule has 0 amide bonds. The maximum absolute atomic E-state index is 6.41. The molecular weight excluding hydrogens is 272 g/mol. The first-order valence-electron chi connectivity index (χ1n) is 7.60. The molecule has 1 aliphatic rings. The van der Waals surface area contributed by atoms with E-state index in [0.29, 0.717) is 6.04 Å². The molecule has 1 unspecified atom stereocenters. The minimum absolute atomic E-state index is 0.234. The van der Waals surface area contributed by atoms with Crippen LogP contribution in [-0.4, -0.2) is 39.4 Å². The van der Waals surface area contributed by atoms with Crippen LogP contribution in [-0.2, 0) is 13.6 Å². The Balaban J connectivity index is 2.28. The molecule has 0 saturated carbocycles. The Morgan fingerprint density at radius 2 is 2.05 bits per heavy atom. The second-order valence-electron chi connectivity index (χ2n) is 6.07. The third-order valence-electron chi connectivity index (χ3n) is 4.88. The molecule has 0 aromatic carbocycles. The number of hydrogen-bond acceptors (Lipinski definition) is 3. The van der Waals surface area contributed by atoms with Gasteiger partial charge in [0.25, 0.3) is 0 Å². The van der Waals surface area contributed by atoms with Gasteiger partial charge in [0.15, 0.2) is 0 Å². The molecule has 1 aliphatic heterocycles. The minimum Gasteiger partial charge on any atom is -0.311 e. The van der Waals surface area contributed by atoms with E-state index < -0.39 is 0 Å². The number of aromatic nitrogens is 2. The Morgan fingerprint density at radius 3 is 2.55 bits per heavy atom. The van der Waals surface area contributed by atoms with Gasteiger partial charge in [-0.1, -0.05) is 25.4 Å². The van der Waals surface area contributed by atoms with Gasteiger partial charge in [-0.2, -0.15) is 5.10 Å². The van der Waals surface area contributed by atoms with Gasteiger partial charge < -0.3 is 5.32 Å². The predicted molar refractivity (Wildman–Crippen MR) is 84.1 cm³/mol. The van der Waals surface area contributed by atoms with Crippen molar-refractivity contribution in [2.24, 2.45) is 7.05 Å². The van der Waals surface area contributed by atoms with Crippen molar-refractivity contribution < 1.29 is 0 Å². The molecule has 0 radical (unpaired) electrons. The topological polar surface area (TPSA) is 33.1 Å². The van der Waals surface area contributed by atoms with Crippen LogP contribution in [0.3, 0.4) is 0 Å². The molecule has 1 aromatic heterocycles. The van der Waals surface area contributed by atoms with Gasteiger partial charge >= 0.3 is 0 Å². The highest BCUT2D eigenvalue weighted by molar-refractivity contribution is 6.30. The molecular formula is C15H27ClN4. The molecule has 1 atom stereocenters. The average Bonchev–Trinajstić information content (AvgIpc) is 2.66. The summed E-state index contributed by atoms with van der Waals surface area (Å²) in [4.78, 5) is 2.60. The van der Waals surface area contributed by atoms with Crippen LogP contribution in [0.2, 0.25) is 5.15 Å². The third kappa shape index (κ3) is 2.74. The molecule has 20 heavy (non-hydrogen) atoms. The molecule has 2 heterocycles. The van der Waals surface area contributed by atoms with E-state index >= 15 is 0 Å². The quantitative estimate of drug-likeness (QED) is 0.928. The molecule has 1 saturated heterocycles. The first-order valence-corrected chi connectivity index (χ1v) is 7.97. The number of piperazine rings is 1. The summed E-state index contributed by atoms with van der Waals surface area (Å²) in [6.45, 7) is 11.9. The molecule has 0 spiro atoms. The largest absolute Gasteiger partial charge is 0.311 e. The predicted octanol–water partition coefficient (Wildman–Crippen LogP) is 2.73. The summed E-state index contributed by atoms with van der Waals surface area (Å²) in [6, 6.07) is 0.525. The fourth-order valence-corrected chi connectivity index (χ4v) is 3.52. The summed E-state index contributed by atoms with van der Waals surface area (Å²) < 4.78 is 1.78. The molecule has 0 bridgehead atoms. The molecule has 1 N–H and O–H groups in total. The van der Waals surface area contributed by atoms with Crippen molar-refractivity contribution in [3.8, 4) is 0 Å². The van der Waals surface area contributed by atoms with Gasteiger partial charge in [0, 0.05) is 43.8 Å². The lowest BCUT2D eigenvalue weighted by Crippen LogP contribution is -2.63. The van der Waals surface area contributed by atoms with E-state index in [1.54, 1.807) is 4.68 Å². The molecule has 1 aromatic rings. The third-order valence-corrected chi connectivity index (χ3v) is 5.35. The number of aryl methyl sites for hydroxylation is 2. The van der Waals surface area contributed by atoms with Crippen molar-refractivity contribution in [1.29, 1.82) is 0 Å². The smallest absolute Gasteiger partial charge is 0.131 e. The Bertz CT molecular complexity index is 465. The Labute approximate surface area is 127 Å². The number of hydrogen-bond donors (Lipinski definition) is 1. The number of rotatable bonds is 4. The molecule has 5 heteroatoms. The fourth-order valence-electron chi connectivity index (χ4n) is 3.29. The number of nitrogens with one attached hydrogen (secondary N) is 1. The van der Waals surface area contributed by atoms with Gasteiger partial charge in [-0.3, -0.25) is 9.58 Å². The SMILES string of the molecule is CCC1(CC)CNC(C)CN1Cc1c(C)nn(C)c1Cl. The van der Waals surface area contributed by atoms with E-state index in [2.05, 4.69) is 36.1 Å². The molecule has 0 aliphatic carbocycles. The second-order valence-corrected chi connectivity index (χ2v) is 6.43. The minimum atomic E-state index is 0.234. The zero-order valence-corrected chi connectivity index (χ0v) is 14.1. The van der Waals surface area contributed by atoms with Gasteiger partial charge in [0.05, 0.1) is 5.69 Å².